The van der Waals surface area contributed by atoms with Crippen LogP contribution < -0.4 is 0 Å². The lowest BCUT2D eigenvalue weighted by molar-refractivity contribution is 0.147. The molecule has 0 saturated carbocycles. The lowest BCUT2D eigenvalue weighted by Crippen LogP contribution is -2.21. The van der Waals surface area contributed by atoms with Gasteiger partial charge in [-0.25, -0.2) is 0 Å². The summed E-state index contributed by atoms with van der Waals surface area (Å²) in [5.74, 6) is 0. The number of hydrogen-bond donors (Lipinski definition) is 1. The van der Waals surface area contributed by atoms with Gasteiger partial charge in [0.1, 0.15) is 0 Å². The smallest absolute Gasteiger partial charge is 0.0802 e. The topological polar surface area (TPSA) is 36.4 Å². The summed E-state index contributed by atoms with van der Waals surface area (Å²) in [6, 6.07) is 10.3. The van der Waals surface area contributed by atoms with Crippen LogP contribution in [0.25, 0.3) is 0 Å². The molecule has 0 radical (unpaired) electrons. The van der Waals surface area contributed by atoms with E-state index in [1.807, 2.05) is 12.3 Å². The number of pyridine rings is 1. The first-order valence-electron chi connectivity index (χ1n) is 7.38. The molecule has 2 rings (SSSR count). The minimum absolute atomic E-state index is 0.403. The SMILES string of the molecule is Cc1cc(C)cc(C(O)CCN(C)Cc2cccnc2)c1. The van der Waals surface area contributed by atoms with Gasteiger partial charge in [0.15, 0.2) is 0 Å². The highest BCUT2D eigenvalue weighted by atomic mass is 16.3. The zero-order chi connectivity index (χ0) is 15.2. The van der Waals surface area contributed by atoms with Gasteiger partial charge in [-0.15, -0.1) is 0 Å². The van der Waals surface area contributed by atoms with Crippen molar-refractivity contribution in [2.45, 2.75) is 32.9 Å². The first-order valence-corrected chi connectivity index (χ1v) is 7.38. The van der Waals surface area contributed by atoms with E-state index in [1.54, 1.807) is 6.20 Å². The average Bonchev–Trinajstić information content (AvgIpc) is 2.45. The van der Waals surface area contributed by atoms with Crippen LogP contribution >= 0.6 is 0 Å². The van der Waals surface area contributed by atoms with E-state index in [9.17, 15) is 5.11 Å². The number of aliphatic hydroxyl groups is 1. The van der Waals surface area contributed by atoms with Crippen LogP contribution in [0.1, 0.15) is 34.8 Å². The Labute approximate surface area is 127 Å². The van der Waals surface area contributed by atoms with Gasteiger partial charge in [0.2, 0.25) is 0 Å². The molecule has 112 valence electrons. The fraction of sp³-hybridized carbons (Fsp3) is 0.389. The Hall–Kier alpha value is -1.71. The fourth-order valence-corrected chi connectivity index (χ4v) is 2.59. The van der Waals surface area contributed by atoms with E-state index < -0.39 is 6.10 Å². The Morgan fingerprint density at radius 1 is 1.19 bits per heavy atom. The van der Waals surface area contributed by atoms with E-state index >= 15 is 0 Å². The van der Waals surface area contributed by atoms with Crippen LogP contribution in [0.4, 0.5) is 0 Å². The molecule has 1 aromatic heterocycles. The monoisotopic (exact) mass is 284 g/mol. The Morgan fingerprint density at radius 3 is 2.52 bits per heavy atom. The highest BCUT2D eigenvalue weighted by molar-refractivity contribution is 5.29. The third kappa shape index (κ3) is 4.96. The van der Waals surface area contributed by atoms with Crippen LogP contribution in [-0.4, -0.2) is 28.6 Å². The molecule has 1 unspecified atom stereocenters. The predicted molar refractivity (Wildman–Crippen MR) is 86.1 cm³/mol. The lowest BCUT2D eigenvalue weighted by Gasteiger charge is -2.19. The summed E-state index contributed by atoms with van der Waals surface area (Å²) >= 11 is 0. The zero-order valence-electron chi connectivity index (χ0n) is 13.1. The van der Waals surface area contributed by atoms with E-state index in [-0.39, 0.29) is 0 Å². The lowest BCUT2D eigenvalue weighted by atomic mass is 10.0. The van der Waals surface area contributed by atoms with Gasteiger partial charge >= 0.3 is 0 Å². The van der Waals surface area contributed by atoms with Crippen molar-refractivity contribution < 1.29 is 5.11 Å². The average molecular weight is 284 g/mol. The summed E-state index contributed by atoms with van der Waals surface area (Å²) in [7, 11) is 2.07. The predicted octanol–water partition coefficient (Wildman–Crippen LogP) is 3.25. The van der Waals surface area contributed by atoms with Gasteiger partial charge in [0.25, 0.3) is 0 Å². The molecule has 0 saturated heterocycles. The van der Waals surface area contributed by atoms with Gasteiger partial charge in [-0.3, -0.25) is 4.98 Å². The second kappa shape index (κ2) is 7.34. The van der Waals surface area contributed by atoms with Crippen molar-refractivity contribution in [2.75, 3.05) is 13.6 Å². The van der Waals surface area contributed by atoms with Crippen LogP contribution in [0.2, 0.25) is 0 Å². The summed E-state index contributed by atoms with van der Waals surface area (Å²) in [4.78, 5) is 6.34. The number of rotatable bonds is 6. The van der Waals surface area contributed by atoms with Gasteiger partial charge in [-0.2, -0.15) is 0 Å². The number of aromatic nitrogens is 1. The molecule has 21 heavy (non-hydrogen) atoms. The maximum atomic E-state index is 10.3. The standard InChI is InChI=1S/C18H24N2O/c1-14-9-15(2)11-17(10-14)18(21)6-8-20(3)13-16-5-4-7-19-12-16/h4-5,7,9-12,18,21H,6,8,13H2,1-3H3. The largest absolute Gasteiger partial charge is 0.388 e. The summed E-state index contributed by atoms with van der Waals surface area (Å²) in [6.07, 6.45) is 4.00. The van der Waals surface area contributed by atoms with E-state index in [0.717, 1.165) is 25.1 Å². The molecule has 0 bridgehead atoms. The number of aliphatic hydroxyl groups excluding tert-OH is 1. The molecule has 1 heterocycles. The first kappa shape index (κ1) is 15.7. The maximum absolute atomic E-state index is 10.3. The van der Waals surface area contributed by atoms with Crippen molar-refractivity contribution in [1.29, 1.82) is 0 Å². The Bertz CT molecular complexity index is 548. The molecule has 1 N–H and O–H groups in total. The fourth-order valence-electron chi connectivity index (χ4n) is 2.59. The number of nitrogens with zero attached hydrogens (tertiary/aromatic N) is 2. The quantitative estimate of drug-likeness (QED) is 0.884. The van der Waals surface area contributed by atoms with Crippen LogP contribution in [-0.2, 0) is 6.54 Å². The van der Waals surface area contributed by atoms with E-state index in [1.165, 1.54) is 16.7 Å². The molecule has 0 amide bonds. The minimum Gasteiger partial charge on any atom is -0.388 e. The third-order valence-electron chi connectivity index (χ3n) is 3.59. The second-order valence-corrected chi connectivity index (χ2v) is 5.82. The summed E-state index contributed by atoms with van der Waals surface area (Å²) in [5.41, 5.74) is 4.61. The van der Waals surface area contributed by atoms with Gasteiger partial charge in [0.05, 0.1) is 6.10 Å². The zero-order valence-corrected chi connectivity index (χ0v) is 13.1. The molecule has 0 aliphatic rings. The molecule has 0 spiro atoms. The molecular formula is C18H24N2O. The van der Waals surface area contributed by atoms with Crippen molar-refractivity contribution >= 4 is 0 Å². The van der Waals surface area contributed by atoms with Gasteiger partial charge in [-0.1, -0.05) is 35.4 Å². The van der Waals surface area contributed by atoms with Crippen molar-refractivity contribution in [1.82, 2.24) is 9.88 Å². The van der Waals surface area contributed by atoms with Gasteiger partial charge in [0, 0.05) is 25.5 Å². The van der Waals surface area contributed by atoms with Crippen molar-refractivity contribution in [2.24, 2.45) is 0 Å². The first-order chi connectivity index (χ1) is 10.0. The van der Waals surface area contributed by atoms with Crippen LogP contribution in [0.5, 0.6) is 0 Å². The van der Waals surface area contributed by atoms with Crippen molar-refractivity contribution in [3.8, 4) is 0 Å². The number of benzene rings is 1. The maximum Gasteiger partial charge on any atom is 0.0802 e. The number of aryl methyl sites for hydroxylation is 2. The summed E-state index contributed by atoms with van der Waals surface area (Å²) in [6.45, 7) is 5.84. The molecule has 3 nitrogen and oxygen atoms in total. The van der Waals surface area contributed by atoms with Crippen LogP contribution in [0, 0.1) is 13.8 Å². The highest BCUT2D eigenvalue weighted by Gasteiger charge is 2.10. The summed E-state index contributed by atoms with van der Waals surface area (Å²) < 4.78 is 0. The van der Waals surface area contributed by atoms with Gasteiger partial charge in [-0.05, 0) is 44.5 Å². The third-order valence-corrected chi connectivity index (χ3v) is 3.59. The molecular weight excluding hydrogens is 260 g/mol. The normalized spacial score (nSPS) is 12.6. The second-order valence-electron chi connectivity index (χ2n) is 5.82. The number of hydrogen-bond acceptors (Lipinski definition) is 3. The van der Waals surface area contributed by atoms with Crippen molar-refractivity contribution in [3.63, 3.8) is 0 Å². The Balaban J connectivity index is 1.87. The van der Waals surface area contributed by atoms with Gasteiger partial charge < -0.3 is 10.0 Å². The Morgan fingerprint density at radius 2 is 1.90 bits per heavy atom. The molecule has 0 aliphatic heterocycles. The van der Waals surface area contributed by atoms with Crippen LogP contribution in [0.3, 0.4) is 0 Å². The Kier molecular flexibility index (Phi) is 5.48. The molecule has 1 atom stereocenters. The minimum atomic E-state index is -0.403. The molecule has 2 aromatic rings. The molecule has 0 aliphatic carbocycles. The van der Waals surface area contributed by atoms with Crippen molar-refractivity contribution in [3.05, 3.63) is 65.0 Å². The van der Waals surface area contributed by atoms with Crippen LogP contribution in [0.15, 0.2) is 42.7 Å². The van der Waals surface area contributed by atoms with E-state index in [2.05, 4.69) is 55.0 Å². The van der Waals surface area contributed by atoms with E-state index in [0.29, 0.717) is 0 Å². The van der Waals surface area contributed by atoms with E-state index in [4.69, 9.17) is 0 Å². The highest BCUT2D eigenvalue weighted by Crippen LogP contribution is 2.20. The molecule has 3 heteroatoms. The summed E-state index contributed by atoms with van der Waals surface area (Å²) in [5, 5.41) is 10.3. The molecule has 0 fully saturated rings. The molecule has 1 aromatic carbocycles.